The zero-order chi connectivity index (χ0) is 17.3. The molecule has 3 aliphatic rings. The minimum Gasteiger partial charge on any atom is -0.481 e. The van der Waals surface area contributed by atoms with Gasteiger partial charge in [-0.05, 0) is 25.7 Å². The van der Waals surface area contributed by atoms with Gasteiger partial charge in [-0.3, -0.25) is 4.79 Å². The molecule has 0 aromatic rings. The Balaban J connectivity index is 1.87. The van der Waals surface area contributed by atoms with Gasteiger partial charge in [0.25, 0.3) is 0 Å². The molecular formula is C17H30N2O5. The maximum atomic E-state index is 11.7. The lowest BCUT2D eigenvalue weighted by Gasteiger charge is -2.54. The van der Waals surface area contributed by atoms with E-state index >= 15 is 0 Å². The lowest BCUT2D eigenvalue weighted by Crippen LogP contribution is -2.71. The number of rotatable bonds is 3. The van der Waals surface area contributed by atoms with E-state index in [1.165, 1.54) is 0 Å². The molecule has 138 valence electrons. The summed E-state index contributed by atoms with van der Waals surface area (Å²) in [4.78, 5) is 14.8. The molecule has 0 aromatic carbocycles. The molecule has 7 nitrogen and oxygen atoms in total. The van der Waals surface area contributed by atoms with Crippen molar-refractivity contribution in [3.8, 4) is 0 Å². The van der Waals surface area contributed by atoms with E-state index in [1.807, 2.05) is 0 Å². The summed E-state index contributed by atoms with van der Waals surface area (Å²) in [6, 6.07) is -0.0756. The van der Waals surface area contributed by atoms with Gasteiger partial charge in [0.2, 0.25) is 0 Å². The first-order valence-electron chi connectivity index (χ1n) is 9.34. The first-order valence-corrected chi connectivity index (χ1v) is 9.34. The summed E-state index contributed by atoms with van der Waals surface area (Å²) >= 11 is 0. The highest BCUT2D eigenvalue weighted by atomic mass is 16.4. The van der Waals surface area contributed by atoms with E-state index in [-0.39, 0.29) is 12.1 Å². The van der Waals surface area contributed by atoms with Crippen LogP contribution < -0.4 is 0 Å². The van der Waals surface area contributed by atoms with Gasteiger partial charge in [-0.25, -0.2) is 9.80 Å². The third-order valence-electron chi connectivity index (χ3n) is 6.06. The Kier molecular flexibility index (Phi) is 5.77. The van der Waals surface area contributed by atoms with Gasteiger partial charge in [0.15, 0.2) is 6.35 Å². The molecule has 7 heteroatoms. The summed E-state index contributed by atoms with van der Waals surface area (Å²) in [6.45, 7) is 0. The standard InChI is InChI=1S/C17H30N2O5/c20-14-13(16(22)23)15(21)19(12-9-5-2-6-10-12)17(24)18(14)11-7-3-1-4-8-11/h11-15,17,20-21,24H,1-10H2,(H,22,23). The molecule has 0 aromatic heterocycles. The lowest BCUT2D eigenvalue weighted by atomic mass is 9.88. The number of carbonyl (C=O) groups is 1. The Labute approximate surface area is 142 Å². The number of aliphatic hydroxyl groups is 3. The average Bonchev–Trinajstić information content (AvgIpc) is 2.56. The van der Waals surface area contributed by atoms with Crippen molar-refractivity contribution in [3.05, 3.63) is 0 Å². The van der Waals surface area contributed by atoms with Crippen LogP contribution in [0, 0.1) is 5.92 Å². The maximum absolute atomic E-state index is 11.7. The predicted molar refractivity (Wildman–Crippen MR) is 86.6 cm³/mol. The summed E-state index contributed by atoms with van der Waals surface area (Å²) < 4.78 is 0. The van der Waals surface area contributed by atoms with Gasteiger partial charge in [-0.15, -0.1) is 0 Å². The fourth-order valence-corrected chi connectivity index (χ4v) is 4.77. The van der Waals surface area contributed by atoms with E-state index in [0.717, 1.165) is 64.2 Å². The molecule has 0 spiro atoms. The van der Waals surface area contributed by atoms with Crippen LogP contribution in [-0.4, -0.2) is 67.1 Å². The molecular weight excluding hydrogens is 312 g/mol. The van der Waals surface area contributed by atoms with E-state index in [9.17, 15) is 25.2 Å². The smallest absolute Gasteiger partial charge is 0.314 e. The molecule has 1 aliphatic heterocycles. The molecule has 2 unspecified atom stereocenters. The summed E-state index contributed by atoms with van der Waals surface area (Å²) in [6.07, 6.45) is 5.85. The molecule has 3 rings (SSSR count). The fourth-order valence-electron chi connectivity index (χ4n) is 4.77. The van der Waals surface area contributed by atoms with E-state index < -0.39 is 30.7 Å². The van der Waals surface area contributed by atoms with Crippen LogP contribution >= 0.6 is 0 Å². The van der Waals surface area contributed by atoms with Gasteiger partial charge in [-0.1, -0.05) is 38.5 Å². The Morgan fingerprint density at radius 3 is 1.42 bits per heavy atom. The maximum Gasteiger partial charge on any atom is 0.314 e. The van der Waals surface area contributed by atoms with E-state index in [4.69, 9.17) is 0 Å². The number of nitrogens with zero attached hydrogens (tertiary/aromatic N) is 2. The number of carboxylic acids is 1. The Bertz CT molecular complexity index is 405. The van der Waals surface area contributed by atoms with Crippen molar-refractivity contribution in [2.24, 2.45) is 5.92 Å². The molecule has 0 bridgehead atoms. The number of hydrogen-bond acceptors (Lipinski definition) is 6. The topological polar surface area (TPSA) is 104 Å². The fraction of sp³-hybridized carbons (Fsp3) is 0.941. The van der Waals surface area contributed by atoms with Crippen LogP contribution in [0.4, 0.5) is 0 Å². The minimum absolute atomic E-state index is 0.0378. The van der Waals surface area contributed by atoms with Gasteiger partial charge >= 0.3 is 5.97 Å². The highest BCUT2D eigenvalue weighted by Gasteiger charge is 2.53. The van der Waals surface area contributed by atoms with E-state index in [2.05, 4.69) is 0 Å². The van der Waals surface area contributed by atoms with Crippen LogP contribution in [0.25, 0.3) is 0 Å². The molecule has 3 fully saturated rings. The summed E-state index contributed by atoms with van der Waals surface area (Å²) in [5, 5.41) is 41.7. The Morgan fingerprint density at radius 2 is 1.08 bits per heavy atom. The highest BCUT2D eigenvalue weighted by molar-refractivity contribution is 5.71. The second-order valence-corrected chi connectivity index (χ2v) is 7.52. The van der Waals surface area contributed by atoms with Crippen molar-refractivity contribution in [1.82, 2.24) is 9.80 Å². The molecule has 2 aliphatic carbocycles. The van der Waals surface area contributed by atoms with Crippen LogP contribution in [0.15, 0.2) is 0 Å². The molecule has 2 saturated carbocycles. The van der Waals surface area contributed by atoms with Crippen molar-refractivity contribution < 1.29 is 25.2 Å². The summed E-state index contributed by atoms with van der Waals surface area (Å²) in [7, 11) is 0. The van der Waals surface area contributed by atoms with Crippen LogP contribution in [0.3, 0.4) is 0 Å². The van der Waals surface area contributed by atoms with Gasteiger partial charge in [0.05, 0.1) is 0 Å². The molecule has 4 N–H and O–H groups in total. The van der Waals surface area contributed by atoms with Crippen molar-refractivity contribution in [3.63, 3.8) is 0 Å². The zero-order valence-electron chi connectivity index (χ0n) is 14.1. The highest BCUT2D eigenvalue weighted by Crippen LogP contribution is 2.37. The summed E-state index contributed by atoms with van der Waals surface area (Å²) in [5.41, 5.74) is 0. The minimum atomic E-state index is -1.37. The van der Waals surface area contributed by atoms with Crippen molar-refractivity contribution in [2.75, 3.05) is 0 Å². The van der Waals surface area contributed by atoms with Crippen LogP contribution in [-0.2, 0) is 4.79 Å². The van der Waals surface area contributed by atoms with Gasteiger partial charge in [0.1, 0.15) is 18.4 Å². The van der Waals surface area contributed by atoms with E-state index in [1.54, 1.807) is 9.80 Å². The number of carboxylic acid groups (broad SMARTS) is 1. The van der Waals surface area contributed by atoms with E-state index in [0.29, 0.717) is 0 Å². The van der Waals surface area contributed by atoms with Crippen molar-refractivity contribution in [2.45, 2.75) is 95.1 Å². The van der Waals surface area contributed by atoms with Gasteiger partial charge < -0.3 is 20.4 Å². The quantitative estimate of drug-likeness (QED) is 0.603. The van der Waals surface area contributed by atoms with Gasteiger partial charge in [0, 0.05) is 12.1 Å². The molecule has 24 heavy (non-hydrogen) atoms. The second kappa shape index (κ2) is 7.66. The number of aliphatic hydroxyl groups excluding tert-OH is 3. The van der Waals surface area contributed by atoms with Crippen molar-refractivity contribution in [1.29, 1.82) is 0 Å². The third kappa shape index (κ3) is 3.32. The molecule has 2 atom stereocenters. The predicted octanol–water partition coefficient (Wildman–Crippen LogP) is 0.883. The van der Waals surface area contributed by atoms with Gasteiger partial charge in [-0.2, -0.15) is 0 Å². The lowest BCUT2D eigenvalue weighted by molar-refractivity contribution is -0.305. The zero-order valence-corrected chi connectivity index (χ0v) is 14.1. The van der Waals surface area contributed by atoms with Crippen molar-refractivity contribution >= 4 is 5.97 Å². The van der Waals surface area contributed by atoms with Crippen LogP contribution in [0.1, 0.15) is 64.2 Å². The first kappa shape index (κ1) is 18.1. The van der Waals surface area contributed by atoms with Crippen LogP contribution in [0.5, 0.6) is 0 Å². The van der Waals surface area contributed by atoms with Crippen LogP contribution in [0.2, 0.25) is 0 Å². The molecule has 1 heterocycles. The third-order valence-corrected chi connectivity index (χ3v) is 6.06. The average molecular weight is 342 g/mol. The number of aliphatic carboxylic acids is 1. The monoisotopic (exact) mass is 342 g/mol. The largest absolute Gasteiger partial charge is 0.481 e. The second-order valence-electron chi connectivity index (χ2n) is 7.52. The SMILES string of the molecule is O=C(O)C1C(O)N(C2CCCCC2)C(O)N(C2CCCCC2)C1O. The Morgan fingerprint density at radius 1 is 0.708 bits per heavy atom. The normalized spacial score (nSPS) is 38.3. The molecule has 1 saturated heterocycles. The molecule has 0 radical (unpaired) electrons. The number of hydrogen-bond donors (Lipinski definition) is 4. The Hall–Kier alpha value is -0.730. The summed E-state index contributed by atoms with van der Waals surface area (Å²) in [5.74, 6) is -2.54. The first-order chi connectivity index (χ1) is 11.5. The molecule has 0 amide bonds.